The fourth-order valence-corrected chi connectivity index (χ4v) is 3.23. The van der Waals surface area contributed by atoms with Crippen molar-refractivity contribution < 1.29 is 13.5 Å². The summed E-state index contributed by atoms with van der Waals surface area (Å²) < 4.78 is 24.3. The maximum Gasteiger partial charge on any atom is 0.211 e. The third-order valence-electron chi connectivity index (χ3n) is 3.73. The summed E-state index contributed by atoms with van der Waals surface area (Å²) in [6.07, 6.45) is 4.93. The second-order valence-corrected chi connectivity index (χ2v) is 7.11. The highest BCUT2D eigenvalue weighted by molar-refractivity contribution is 7.88. The van der Waals surface area contributed by atoms with Gasteiger partial charge < -0.3 is 10.4 Å². The smallest absolute Gasteiger partial charge is 0.211 e. The molecule has 6 heteroatoms. The van der Waals surface area contributed by atoms with Crippen LogP contribution in [0.3, 0.4) is 0 Å². The molecule has 0 spiro atoms. The first kappa shape index (κ1) is 15.9. The zero-order valence-electron chi connectivity index (χ0n) is 11.4. The van der Waals surface area contributed by atoms with E-state index in [-0.39, 0.29) is 6.61 Å². The lowest BCUT2D eigenvalue weighted by molar-refractivity contribution is 0.237. The molecule has 0 aromatic carbocycles. The van der Waals surface area contributed by atoms with Crippen LogP contribution in [0.4, 0.5) is 0 Å². The van der Waals surface area contributed by atoms with Gasteiger partial charge in [0.25, 0.3) is 0 Å². The molecule has 1 heterocycles. The van der Waals surface area contributed by atoms with E-state index in [0.29, 0.717) is 25.0 Å². The summed E-state index contributed by atoms with van der Waals surface area (Å²) in [6.45, 7) is 4.53. The Balaban J connectivity index is 2.27. The molecule has 5 nitrogen and oxygen atoms in total. The first-order valence-electron chi connectivity index (χ1n) is 6.76. The van der Waals surface area contributed by atoms with Gasteiger partial charge in [-0.3, -0.25) is 0 Å². The van der Waals surface area contributed by atoms with Crippen LogP contribution in [-0.2, 0) is 10.0 Å². The van der Waals surface area contributed by atoms with Gasteiger partial charge >= 0.3 is 0 Å². The summed E-state index contributed by atoms with van der Waals surface area (Å²) >= 11 is 0. The Labute approximate surface area is 111 Å². The Kier molecular flexibility index (Phi) is 6.55. The molecule has 18 heavy (non-hydrogen) atoms. The summed E-state index contributed by atoms with van der Waals surface area (Å²) in [7, 11) is -3.02. The first-order valence-corrected chi connectivity index (χ1v) is 8.61. The van der Waals surface area contributed by atoms with Gasteiger partial charge in [-0.05, 0) is 31.7 Å². The summed E-state index contributed by atoms with van der Waals surface area (Å²) in [5, 5.41) is 12.4. The highest BCUT2D eigenvalue weighted by Gasteiger charge is 2.24. The largest absolute Gasteiger partial charge is 0.396 e. The number of aliphatic hydroxyl groups is 1. The zero-order chi connectivity index (χ0) is 13.6. The second-order valence-electron chi connectivity index (χ2n) is 5.13. The highest BCUT2D eigenvalue weighted by atomic mass is 32.2. The molecule has 1 saturated heterocycles. The van der Waals surface area contributed by atoms with E-state index < -0.39 is 10.0 Å². The number of aliphatic hydroxyl groups excluding tert-OH is 1. The molecule has 1 aliphatic rings. The van der Waals surface area contributed by atoms with Gasteiger partial charge in [-0.15, -0.1) is 0 Å². The molecule has 0 saturated carbocycles. The van der Waals surface area contributed by atoms with Crippen LogP contribution in [0.5, 0.6) is 0 Å². The summed E-state index contributed by atoms with van der Waals surface area (Å²) in [6, 6.07) is 0.413. The van der Waals surface area contributed by atoms with Crippen molar-refractivity contribution in [2.75, 3.05) is 32.5 Å². The van der Waals surface area contributed by atoms with Gasteiger partial charge in [0.15, 0.2) is 0 Å². The minimum atomic E-state index is -3.02. The monoisotopic (exact) mass is 278 g/mol. The van der Waals surface area contributed by atoms with Crippen LogP contribution < -0.4 is 5.32 Å². The van der Waals surface area contributed by atoms with Crippen LogP contribution in [0.15, 0.2) is 0 Å². The average molecular weight is 278 g/mol. The van der Waals surface area contributed by atoms with Crippen LogP contribution in [0.25, 0.3) is 0 Å². The van der Waals surface area contributed by atoms with Crippen molar-refractivity contribution >= 4 is 10.0 Å². The van der Waals surface area contributed by atoms with Gasteiger partial charge in [0.1, 0.15) is 0 Å². The van der Waals surface area contributed by atoms with Crippen molar-refractivity contribution in [3.63, 3.8) is 0 Å². The Morgan fingerprint density at radius 2 is 2.00 bits per heavy atom. The maximum absolute atomic E-state index is 11.4. The molecule has 0 bridgehead atoms. The molecule has 1 fully saturated rings. The van der Waals surface area contributed by atoms with Crippen molar-refractivity contribution in [1.82, 2.24) is 9.62 Å². The lowest BCUT2D eigenvalue weighted by Crippen LogP contribution is -2.45. The molecule has 0 aliphatic carbocycles. The van der Waals surface area contributed by atoms with Crippen LogP contribution in [-0.4, -0.2) is 56.4 Å². The van der Waals surface area contributed by atoms with E-state index in [1.54, 1.807) is 4.31 Å². The maximum atomic E-state index is 11.4. The van der Waals surface area contributed by atoms with E-state index in [2.05, 4.69) is 12.2 Å². The highest BCUT2D eigenvalue weighted by Crippen LogP contribution is 2.14. The lowest BCUT2D eigenvalue weighted by Gasteiger charge is -2.31. The predicted octanol–water partition coefficient (Wildman–Crippen LogP) is 0.409. The van der Waals surface area contributed by atoms with Gasteiger partial charge in [0, 0.05) is 25.7 Å². The topological polar surface area (TPSA) is 69.6 Å². The van der Waals surface area contributed by atoms with Gasteiger partial charge in [-0.1, -0.05) is 13.3 Å². The van der Waals surface area contributed by atoms with E-state index in [1.165, 1.54) is 6.26 Å². The van der Waals surface area contributed by atoms with Crippen molar-refractivity contribution in [1.29, 1.82) is 0 Å². The molecule has 0 amide bonds. The van der Waals surface area contributed by atoms with E-state index in [0.717, 1.165) is 32.2 Å². The van der Waals surface area contributed by atoms with Gasteiger partial charge in [-0.25, -0.2) is 12.7 Å². The van der Waals surface area contributed by atoms with Crippen molar-refractivity contribution in [3.8, 4) is 0 Å². The summed E-state index contributed by atoms with van der Waals surface area (Å²) in [5.41, 5.74) is 0. The minimum Gasteiger partial charge on any atom is -0.396 e. The molecule has 0 aromatic rings. The van der Waals surface area contributed by atoms with Gasteiger partial charge in [0.05, 0.1) is 6.26 Å². The molecule has 1 atom stereocenters. The summed E-state index contributed by atoms with van der Waals surface area (Å²) in [4.78, 5) is 0. The fourth-order valence-electron chi connectivity index (χ4n) is 2.36. The van der Waals surface area contributed by atoms with Crippen LogP contribution >= 0.6 is 0 Å². The average Bonchev–Trinajstić information content (AvgIpc) is 2.34. The van der Waals surface area contributed by atoms with E-state index in [9.17, 15) is 8.42 Å². The van der Waals surface area contributed by atoms with Crippen molar-refractivity contribution in [2.24, 2.45) is 5.92 Å². The Hall–Kier alpha value is -0.170. The molecule has 1 aliphatic heterocycles. The molecule has 1 unspecified atom stereocenters. The Morgan fingerprint density at radius 1 is 1.39 bits per heavy atom. The Morgan fingerprint density at radius 3 is 2.44 bits per heavy atom. The molecular weight excluding hydrogens is 252 g/mol. The quantitative estimate of drug-likeness (QED) is 0.707. The number of nitrogens with zero attached hydrogens (tertiary/aromatic N) is 1. The standard InChI is InChI=1S/C12H26N2O3S/c1-3-11(6-9-15)10-13-12-4-7-14(8-5-12)18(2,16)17/h11-13,15H,3-10H2,1-2H3. The van der Waals surface area contributed by atoms with Crippen molar-refractivity contribution in [2.45, 2.75) is 38.6 Å². The van der Waals surface area contributed by atoms with Crippen LogP contribution in [0.2, 0.25) is 0 Å². The number of hydrogen-bond acceptors (Lipinski definition) is 4. The van der Waals surface area contributed by atoms with Crippen LogP contribution in [0.1, 0.15) is 32.6 Å². The Bertz CT molecular complexity index is 324. The van der Waals surface area contributed by atoms with E-state index >= 15 is 0 Å². The molecule has 1 rings (SSSR count). The third-order valence-corrected chi connectivity index (χ3v) is 5.04. The SMILES string of the molecule is CCC(CCO)CNC1CCN(S(C)(=O)=O)CC1. The number of piperidine rings is 1. The predicted molar refractivity (Wildman–Crippen MR) is 72.9 cm³/mol. The van der Waals surface area contributed by atoms with E-state index in [1.807, 2.05) is 0 Å². The second kappa shape index (κ2) is 7.43. The normalized spacial score (nSPS) is 21.1. The first-order chi connectivity index (χ1) is 8.47. The molecule has 108 valence electrons. The number of rotatable bonds is 7. The molecule has 2 N–H and O–H groups in total. The lowest BCUT2D eigenvalue weighted by atomic mass is 10.0. The van der Waals surface area contributed by atoms with Crippen LogP contribution in [0, 0.1) is 5.92 Å². The van der Waals surface area contributed by atoms with Crippen molar-refractivity contribution in [3.05, 3.63) is 0 Å². The van der Waals surface area contributed by atoms with E-state index in [4.69, 9.17) is 5.11 Å². The molecule has 0 aromatic heterocycles. The number of sulfonamides is 1. The number of hydrogen-bond donors (Lipinski definition) is 2. The molecule has 0 radical (unpaired) electrons. The minimum absolute atomic E-state index is 0.243. The summed E-state index contributed by atoms with van der Waals surface area (Å²) in [5.74, 6) is 0.517. The third kappa shape index (κ3) is 5.22. The van der Waals surface area contributed by atoms with Gasteiger partial charge in [0.2, 0.25) is 10.0 Å². The zero-order valence-corrected chi connectivity index (χ0v) is 12.2. The molecular formula is C12H26N2O3S. The van der Waals surface area contributed by atoms with Gasteiger partial charge in [-0.2, -0.15) is 0 Å². The fraction of sp³-hybridized carbons (Fsp3) is 1.00. The number of nitrogens with one attached hydrogen (secondary N) is 1.